The molecule has 1 saturated heterocycles. The van der Waals surface area contributed by atoms with Crippen molar-refractivity contribution in [2.24, 2.45) is 0 Å². The number of methoxy groups -OCH3 is 1. The number of nitrogens with zero attached hydrogens (tertiary/aromatic N) is 2. The minimum atomic E-state index is -0.574. The lowest BCUT2D eigenvalue weighted by molar-refractivity contribution is -0.0247. The number of hydrogen-bond acceptors (Lipinski definition) is 5. The molecule has 1 fully saturated rings. The molecule has 0 spiro atoms. The number of rotatable bonds is 4. The van der Waals surface area contributed by atoms with Crippen LogP contribution in [0.5, 0.6) is 5.75 Å². The number of nitriles is 1. The predicted molar refractivity (Wildman–Crippen MR) is 64.5 cm³/mol. The molecular weight excluding hydrogens is 256 g/mol. The standard InChI is InChI=1S/C12H13ClN2O3/c1-16-12(2-4-17-8-12)10-6-9(18-5-3-14)7-11(13)15-10/h6-7H,2,4-5,8H2,1H3. The highest BCUT2D eigenvalue weighted by Gasteiger charge is 2.38. The summed E-state index contributed by atoms with van der Waals surface area (Å²) in [6.45, 7) is 1.03. The van der Waals surface area contributed by atoms with Gasteiger partial charge in [-0.25, -0.2) is 4.98 Å². The molecule has 0 N–H and O–H groups in total. The molecule has 6 heteroatoms. The molecule has 1 aliphatic heterocycles. The third-order valence-corrected chi connectivity index (χ3v) is 3.11. The zero-order chi connectivity index (χ0) is 13.0. The Morgan fingerprint density at radius 1 is 1.61 bits per heavy atom. The molecule has 2 rings (SSSR count). The lowest BCUT2D eigenvalue weighted by atomic mass is 9.98. The van der Waals surface area contributed by atoms with Crippen LogP contribution in [0.25, 0.3) is 0 Å². The summed E-state index contributed by atoms with van der Waals surface area (Å²) in [7, 11) is 1.62. The van der Waals surface area contributed by atoms with Gasteiger partial charge in [-0.15, -0.1) is 0 Å². The molecule has 1 aliphatic rings. The van der Waals surface area contributed by atoms with Gasteiger partial charge in [-0.05, 0) is 0 Å². The molecule has 0 saturated carbocycles. The highest BCUT2D eigenvalue weighted by atomic mass is 35.5. The third-order valence-electron chi connectivity index (χ3n) is 2.91. The Bertz CT molecular complexity index is 467. The first-order valence-corrected chi connectivity index (χ1v) is 5.89. The minimum Gasteiger partial charge on any atom is -0.479 e. The first-order valence-electron chi connectivity index (χ1n) is 5.51. The average Bonchev–Trinajstić information content (AvgIpc) is 2.85. The van der Waals surface area contributed by atoms with Crippen molar-refractivity contribution in [3.05, 3.63) is 23.0 Å². The Morgan fingerprint density at radius 2 is 2.44 bits per heavy atom. The van der Waals surface area contributed by atoms with Crippen molar-refractivity contribution in [3.63, 3.8) is 0 Å². The SMILES string of the molecule is COC1(c2cc(OCC#N)cc(Cl)n2)CCOC1. The summed E-state index contributed by atoms with van der Waals surface area (Å²) in [4.78, 5) is 4.26. The molecule has 0 radical (unpaired) electrons. The quantitative estimate of drug-likeness (QED) is 0.781. The van der Waals surface area contributed by atoms with E-state index >= 15 is 0 Å². The fourth-order valence-corrected chi connectivity index (χ4v) is 2.12. The van der Waals surface area contributed by atoms with Crippen molar-refractivity contribution >= 4 is 11.6 Å². The maximum absolute atomic E-state index is 8.51. The second-order valence-electron chi connectivity index (χ2n) is 3.96. The van der Waals surface area contributed by atoms with E-state index < -0.39 is 5.60 Å². The molecule has 1 unspecified atom stereocenters. The summed E-state index contributed by atoms with van der Waals surface area (Å²) in [6.07, 6.45) is 0.717. The van der Waals surface area contributed by atoms with Crippen molar-refractivity contribution in [2.75, 3.05) is 26.9 Å². The highest BCUT2D eigenvalue weighted by Crippen LogP contribution is 2.35. The second kappa shape index (κ2) is 5.53. The van der Waals surface area contributed by atoms with Crippen LogP contribution < -0.4 is 4.74 Å². The summed E-state index contributed by atoms with van der Waals surface area (Å²) in [6, 6.07) is 5.21. The summed E-state index contributed by atoms with van der Waals surface area (Å²) in [5.74, 6) is 0.509. The molecule has 5 nitrogen and oxygen atoms in total. The van der Waals surface area contributed by atoms with Gasteiger partial charge in [0.05, 0.1) is 12.3 Å². The van der Waals surface area contributed by atoms with E-state index in [1.54, 1.807) is 19.2 Å². The molecule has 0 aliphatic carbocycles. The number of hydrogen-bond donors (Lipinski definition) is 0. The van der Waals surface area contributed by atoms with Gasteiger partial charge in [0.1, 0.15) is 22.6 Å². The monoisotopic (exact) mass is 268 g/mol. The van der Waals surface area contributed by atoms with Crippen molar-refractivity contribution < 1.29 is 14.2 Å². The van der Waals surface area contributed by atoms with Crippen LogP contribution in [-0.4, -0.2) is 31.9 Å². The lowest BCUT2D eigenvalue weighted by Gasteiger charge is -2.25. The van der Waals surface area contributed by atoms with E-state index in [1.165, 1.54) is 0 Å². The predicted octanol–water partition coefficient (Wildman–Crippen LogP) is 1.90. The van der Waals surface area contributed by atoms with E-state index in [4.69, 9.17) is 31.1 Å². The topological polar surface area (TPSA) is 64.4 Å². The van der Waals surface area contributed by atoms with Crippen LogP contribution in [0, 0.1) is 11.3 Å². The van der Waals surface area contributed by atoms with E-state index in [1.807, 2.05) is 6.07 Å². The van der Waals surface area contributed by atoms with Crippen LogP contribution in [0.15, 0.2) is 12.1 Å². The maximum Gasteiger partial charge on any atom is 0.174 e. The highest BCUT2D eigenvalue weighted by molar-refractivity contribution is 6.29. The smallest absolute Gasteiger partial charge is 0.174 e. The van der Waals surface area contributed by atoms with Gasteiger partial charge in [0, 0.05) is 32.3 Å². The molecule has 1 aromatic heterocycles. The largest absolute Gasteiger partial charge is 0.479 e. The fraction of sp³-hybridized carbons (Fsp3) is 0.500. The van der Waals surface area contributed by atoms with Crippen LogP contribution in [0.3, 0.4) is 0 Å². The van der Waals surface area contributed by atoms with E-state index in [0.717, 1.165) is 0 Å². The van der Waals surface area contributed by atoms with Gasteiger partial charge in [0.2, 0.25) is 0 Å². The molecule has 1 atom stereocenters. The van der Waals surface area contributed by atoms with Gasteiger partial charge in [-0.2, -0.15) is 5.26 Å². The minimum absolute atomic E-state index is 0.0315. The Kier molecular flexibility index (Phi) is 4.02. The van der Waals surface area contributed by atoms with Gasteiger partial charge < -0.3 is 14.2 Å². The van der Waals surface area contributed by atoms with E-state index in [9.17, 15) is 0 Å². The summed E-state index contributed by atoms with van der Waals surface area (Å²) in [5, 5.41) is 8.82. The Labute approximate surface area is 110 Å². The van der Waals surface area contributed by atoms with Crippen molar-refractivity contribution in [1.82, 2.24) is 4.98 Å². The number of ether oxygens (including phenoxy) is 3. The van der Waals surface area contributed by atoms with Crippen molar-refractivity contribution in [1.29, 1.82) is 5.26 Å². The van der Waals surface area contributed by atoms with E-state index in [-0.39, 0.29) is 6.61 Å². The normalized spacial score (nSPS) is 22.7. The van der Waals surface area contributed by atoms with Crippen LogP contribution in [0.1, 0.15) is 12.1 Å². The molecule has 0 aromatic carbocycles. The zero-order valence-electron chi connectivity index (χ0n) is 9.98. The second-order valence-corrected chi connectivity index (χ2v) is 4.35. The Hall–Kier alpha value is -1.35. The maximum atomic E-state index is 8.51. The lowest BCUT2D eigenvalue weighted by Crippen LogP contribution is -2.30. The summed E-state index contributed by atoms with van der Waals surface area (Å²) >= 11 is 5.96. The average molecular weight is 269 g/mol. The Morgan fingerprint density at radius 3 is 3.06 bits per heavy atom. The first kappa shape index (κ1) is 13.1. The van der Waals surface area contributed by atoms with E-state index in [0.29, 0.717) is 36.2 Å². The molecule has 0 amide bonds. The zero-order valence-corrected chi connectivity index (χ0v) is 10.7. The third kappa shape index (κ3) is 2.56. The van der Waals surface area contributed by atoms with Crippen LogP contribution in [-0.2, 0) is 15.1 Å². The molecule has 1 aromatic rings. The molecule has 18 heavy (non-hydrogen) atoms. The van der Waals surface area contributed by atoms with Crippen molar-refractivity contribution in [2.45, 2.75) is 12.0 Å². The summed E-state index contributed by atoms with van der Waals surface area (Å²) in [5.41, 5.74) is 0.0956. The molecule has 0 bridgehead atoms. The van der Waals surface area contributed by atoms with Crippen LogP contribution in [0.4, 0.5) is 0 Å². The van der Waals surface area contributed by atoms with Gasteiger partial charge in [0.25, 0.3) is 0 Å². The van der Waals surface area contributed by atoms with Crippen LogP contribution in [0.2, 0.25) is 5.15 Å². The van der Waals surface area contributed by atoms with Crippen LogP contribution >= 0.6 is 11.6 Å². The summed E-state index contributed by atoms with van der Waals surface area (Å²) < 4.78 is 16.1. The van der Waals surface area contributed by atoms with Gasteiger partial charge in [-0.3, -0.25) is 0 Å². The molecule has 2 heterocycles. The van der Waals surface area contributed by atoms with Gasteiger partial charge in [-0.1, -0.05) is 11.6 Å². The molecule has 96 valence electrons. The number of pyridine rings is 1. The van der Waals surface area contributed by atoms with E-state index in [2.05, 4.69) is 4.98 Å². The van der Waals surface area contributed by atoms with Gasteiger partial charge >= 0.3 is 0 Å². The first-order chi connectivity index (χ1) is 8.70. The van der Waals surface area contributed by atoms with Crippen molar-refractivity contribution in [3.8, 4) is 11.8 Å². The van der Waals surface area contributed by atoms with Gasteiger partial charge in [0.15, 0.2) is 6.61 Å². The fourth-order valence-electron chi connectivity index (χ4n) is 1.92. The number of halogens is 1. The number of aromatic nitrogens is 1. The molecular formula is C12H13ClN2O3. The Balaban J connectivity index is 2.32.